The van der Waals surface area contributed by atoms with Crippen molar-refractivity contribution in [3.63, 3.8) is 0 Å². The number of halogens is 1. The predicted molar refractivity (Wildman–Crippen MR) is 75.6 cm³/mol. The van der Waals surface area contributed by atoms with E-state index < -0.39 is 0 Å². The third-order valence-electron chi connectivity index (χ3n) is 3.47. The topological polar surface area (TPSA) is 71.8 Å². The fourth-order valence-corrected chi connectivity index (χ4v) is 2.45. The fraction of sp³-hybridized carbons (Fsp3) is 0.357. The Kier molecular flexibility index (Phi) is 3.81. The van der Waals surface area contributed by atoms with Gasteiger partial charge in [0, 0.05) is 24.7 Å². The molecule has 2 N–H and O–H groups in total. The Morgan fingerprint density at radius 1 is 1.43 bits per heavy atom. The molecule has 1 amide bonds. The van der Waals surface area contributed by atoms with E-state index in [0.29, 0.717) is 24.3 Å². The standard InChI is InChI=1S/C14H16FN5O/c15-12-6-11(3-4-13(12)20-9-16-8-18-20)19-10-2-1-5-17-14(21)7-10/h3-4,6,8-10,19H,1-2,5,7H2,(H,17,21). The first-order valence-electron chi connectivity index (χ1n) is 6.90. The predicted octanol–water partition coefficient (Wildman–Crippen LogP) is 1.49. The number of nitrogens with zero attached hydrogens (tertiary/aromatic N) is 3. The van der Waals surface area contributed by atoms with Gasteiger partial charge >= 0.3 is 0 Å². The van der Waals surface area contributed by atoms with Crippen molar-refractivity contribution in [2.24, 2.45) is 0 Å². The molecule has 0 radical (unpaired) electrons. The molecule has 0 saturated carbocycles. The van der Waals surface area contributed by atoms with Crippen LogP contribution in [0.1, 0.15) is 19.3 Å². The van der Waals surface area contributed by atoms with Gasteiger partial charge in [0.05, 0.1) is 0 Å². The van der Waals surface area contributed by atoms with Crippen molar-refractivity contribution in [2.45, 2.75) is 25.3 Å². The van der Waals surface area contributed by atoms with E-state index in [-0.39, 0.29) is 17.8 Å². The molecule has 1 aromatic carbocycles. The number of carbonyl (C=O) groups is 1. The summed E-state index contributed by atoms with van der Waals surface area (Å²) in [6.45, 7) is 0.705. The van der Waals surface area contributed by atoms with Crippen LogP contribution in [0.15, 0.2) is 30.9 Å². The molecule has 1 saturated heterocycles. The zero-order chi connectivity index (χ0) is 14.7. The van der Waals surface area contributed by atoms with E-state index in [1.54, 1.807) is 12.1 Å². The first-order valence-corrected chi connectivity index (χ1v) is 6.90. The summed E-state index contributed by atoms with van der Waals surface area (Å²) in [7, 11) is 0. The van der Waals surface area contributed by atoms with Gasteiger partial charge in [0.2, 0.25) is 5.91 Å². The van der Waals surface area contributed by atoms with Crippen LogP contribution in [0.4, 0.5) is 10.1 Å². The fourth-order valence-electron chi connectivity index (χ4n) is 2.45. The second-order valence-electron chi connectivity index (χ2n) is 5.04. The number of carbonyl (C=O) groups excluding carboxylic acids is 1. The van der Waals surface area contributed by atoms with E-state index in [1.165, 1.54) is 23.4 Å². The van der Waals surface area contributed by atoms with Gasteiger partial charge in [-0.15, -0.1) is 0 Å². The molecule has 0 bridgehead atoms. The van der Waals surface area contributed by atoms with Gasteiger partial charge in [0.15, 0.2) is 5.82 Å². The van der Waals surface area contributed by atoms with Gasteiger partial charge in [-0.3, -0.25) is 4.79 Å². The average Bonchev–Trinajstić information content (AvgIpc) is 2.90. The third kappa shape index (κ3) is 3.18. The van der Waals surface area contributed by atoms with Crippen LogP contribution in [0.3, 0.4) is 0 Å². The van der Waals surface area contributed by atoms with Crippen molar-refractivity contribution in [1.82, 2.24) is 20.1 Å². The first-order chi connectivity index (χ1) is 10.2. The lowest BCUT2D eigenvalue weighted by molar-refractivity contribution is -0.120. The molecule has 1 atom stereocenters. The van der Waals surface area contributed by atoms with Gasteiger partial charge in [0.25, 0.3) is 0 Å². The van der Waals surface area contributed by atoms with Crippen molar-refractivity contribution in [3.05, 3.63) is 36.7 Å². The Morgan fingerprint density at radius 2 is 2.33 bits per heavy atom. The SMILES string of the molecule is O=C1CC(Nc2ccc(-n3cncn3)c(F)c2)CCCN1. The molecule has 6 nitrogen and oxygen atoms in total. The molecule has 1 aliphatic heterocycles. The Hall–Kier alpha value is -2.44. The third-order valence-corrected chi connectivity index (χ3v) is 3.47. The van der Waals surface area contributed by atoms with E-state index in [1.807, 2.05) is 0 Å². The maximum absolute atomic E-state index is 14.1. The van der Waals surface area contributed by atoms with Crippen LogP contribution in [0.2, 0.25) is 0 Å². The number of anilines is 1. The minimum Gasteiger partial charge on any atom is -0.382 e. The number of hydrogen-bond acceptors (Lipinski definition) is 4. The Labute approximate surface area is 121 Å². The summed E-state index contributed by atoms with van der Waals surface area (Å²) in [5.41, 5.74) is 1.01. The van der Waals surface area contributed by atoms with Gasteiger partial charge in [-0.05, 0) is 31.0 Å². The molecular weight excluding hydrogens is 273 g/mol. The number of benzene rings is 1. The molecular formula is C14H16FN5O. The highest BCUT2D eigenvalue weighted by atomic mass is 19.1. The minimum atomic E-state index is -0.386. The number of amides is 1. The van der Waals surface area contributed by atoms with Crippen molar-refractivity contribution >= 4 is 11.6 Å². The zero-order valence-corrected chi connectivity index (χ0v) is 11.4. The van der Waals surface area contributed by atoms with Crippen LogP contribution in [-0.2, 0) is 4.79 Å². The lowest BCUT2D eigenvalue weighted by Gasteiger charge is -2.17. The van der Waals surface area contributed by atoms with Crippen molar-refractivity contribution < 1.29 is 9.18 Å². The summed E-state index contributed by atoms with van der Waals surface area (Å²) in [6, 6.07) is 4.87. The maximum atomic E-state index is 14.1. The molecule has 2 aromatic rings. The summed E-state index contributed by atoms with van der Waals surface area (Å²) < 4.78 is 15.5. The largest absolute Gasteiger partial charge is 0.382 e. The zero-order valence-electron chi connectivity index (χ0n) is 11.4. The van der Waals surface area contributed by atoms with E-state index >= 15 is 0 Å². The number of rotatable bonds is 3. The second kappa shape index (κ2) is 5.90. The van der Waals surface area contributed by atoms with E-state index in [9.17, 15) is 9.18 Å². The molecule has 7 heteroatoms. The molecule has 21 heavy (non-hydrogen) atoms. The van der Waals surface area contributed by atoms with Gasteiger partial charge < -0.3 is 10.6 Å². The second-order valence-corrected chi connectivity index (χ2v) is 5.04. The van der Waals surface area contributed by atoms with Gasteiger partial charge in [0.1, 0.15) is 18.3 Å². The summed E-state index contributed by atoms with van der Waals surface area (Å²) in [6.07, 6.45) is 5.01. The number of nitrogens with one attached hydrogen (secondary N) is 2. The molecule has 0 aliphatic carbocycles. The number of hydrogen-bond donors (Lipinski definition) is 2. The molecule has 1 aromatic heterocycles. The molecule has 2 heterocycles. The van der Waals surface area contributed by atoms with E-state index in [2.05, 4.69) is 20.7 Å². The summed E-state index contributed by atoms with van der Waals surface area (Å²) in [5.74, 6) is -0.353. The van der Waals surface area contributed by atoms with Crippen LogP contribution < -0.4 is 10.6 Å². The van der Waals surface area contributed by atoms with Crippen molar-refractivity contribution in [3.8, 4) is 5.69 Å². The highest BCUT2D eigenvalue weighted by Gasteiger charge is 2.17. The molecule has 0 spiro atoms. The summed E-state index contributed by atoms with van der Waals surface area (Å²) in [5, 5.41) is 9.95. The van der Waals surface area contributed by atoms with Crippen LogP contribution in [0, 0.1) is 5.82 Å². The molecule has 1 unspecified atom stereocenters. The highest BCUT2D eigenvalue weighted by molar-refractivity contribution is 5.77. The van der Waals surface area contributed by atoms with Crippen LogP contribution in [-0.4, -0.2) is 33.3 Å². The van der Waals surface area contributed by atoms with E-state index in [0.717, 1.165) is 12.8 Å². The summed E-state index contributed by atoms with van der Waals surface area (Å²) >= 11 is 0. The van der Waals surface area contributed by atoms with Crippen LogP contribution in [0.5, 0.6) is 0 Å². The Morgan fingerprint density at radius 3 is 3.10 bits per heavy atom. The number of aromatic nitrogens is 3. The lowest BCUT2D eigenvalue weighted by atomic mass is 10.1. The normalized spacial score (nSPS) is 18.9. The summed E-state index contributed by atoms with van der Waals surface area (Å²) in [4.78, 5) is 15.3. The Bertz CT molecular complexity index is 628. The molecule has 3 rings (SSSR count). The lowest BCUT2D eigenvalue weighted by Crippen LogP contribution is -2.26. The average molecular weight is 289 g/mol. The van der Waals surface area contributed by atoms with Gasteiger partial charge in [-0.1, -0.05) is 0 Å². The van der Waals surface area contributed by atoms with Crippen LogP contribution in [0.25, 0.3) is 5.69 Å². The Balaban J connectivity index is 1.74. The van der Waals surface area contributed by atoms with Gasteiger partial charge in [-0.2, -0.15) is 5.10 Å². The quantitative estimate of drug-likeness (QED) is 0.898. The smallest absolute Gasteiger partial charge is 0.222 e. The minimum absolute atomic E-state index is 0.0316. The molecule has 1 fully saturated rings. The van der Waals surface area contributed by atoms with Crippen molar-refractivity contribution in [2.75, 3.05) is 11.9 Å². The van der Waals surface area contributed by atoms with Crippen molar-refractivity contribution in [1.29, 1.82) is 0 Å². The van der Waals surface area contributed by atoms with Gasteiger partial charge in [-0.25, -0.2) is 14.1 Å². The van der Waals surface area contributed by atoms with Crippen LogP contribution >= 0.6 is 0 Å². The van der Waals surface area contributed by atoms with E-state index in [4.69, 9.17) is 0 Å². The first kappa shape index (κ1) is 13.5. The monoisotopic (exact) mass is 289 g/mol. The highest BCUT2D eigenvalue weighted by Crippen LogP contribution is 2.20. The molecule has 110 valence electrons. The molecule has 1 aliphatic rings. The maximum Gasteiger partial charge on any atom is 0.222 e.